The minimum Gasteiger partial charge on any atom is -0.497 e. The molecule has 8 heteroatoms. The topological polar surface area (TPSA) is 76.2 Å². The van der Waals surface area contributed by atoms with Gasteiger partial charge in [-0.2, -0.15) is 5.10 Å². The zero-order chi connectivity index (χ0) is 18.7. The Morgan fingerprint density at radius 3 is 2.65 bits per heavy atom. The number of ether oxygens (including phenoxy) is 2. The first-order valence-electron chi connectivity index (χ1n) is 7.56. The SMILES string of the molecule is COc1ccc(-c2cc(C(=O)Nc3cccc(Cl)c3Cl)[nH]n2)c(OC)c1. The van der Waals surface area contributed by atoms with Crippen LogP contribution in [0.5, 0.6) is 11.5 Å². The Morgan fingerprint density at radius 1 is 1.12 bits per heavy atom. The van der Waals surface area contributed by atoms with Crippen molar-refractivity contribution in [3.8, 4) is 22.8 Å². The minimum absolute atomic E-state index is 0.272. The fourth-order valence-corrected chi connectivity index (χ4v) is 2.72. The third-order valence-electron chi connectivity index (χ3n) is 3.71. The Morgan fingerprint density at radius 2 is 1.92 bits per heavy atom. The van der Waals surface area contributed by atoms with E-state index in [1.54, 1.807) is 50.6 Å². The number of amides is 1. The highest BCUT2D eigenvalue weighted by Crippen LogP contribution is 2.33. The fourth-order valence-electron chi connectivity index (χ4n) is 2.38. The summed E-state index contributed by atoms with van der Waals surface area (Å²) in [6.07, 6.45) is 0. The van der Waals surface area contributed by atoms with E-state index in [1.807, 2.05) is 6.07 Å². The van der Waals surface area contributed by atoms with Gasteiger partial charge in [0.2, 0.25) is 0 Å². The van der Waals surface area contributed by atoms with Crippen LogP contribution in [0, 0.1) is 0 Å². The number of nitrogens with zero attached hydrogens (tertiary/aromatic N) is 1. The minimum atomic E-state index is -0.389. The van der Waals surface area contributed by atoms with Crippen LogP contribution >= 0.6 is 23.2 Å². The van der Waals surface area contributed by atoms with Gasteiger partial charge in [-0.05, 0) is 30.3 Å². The number of aromatic amines is 1. The smallest absolute Gasteiger partial charge is 0.273 e. The van der Waals surface area contributed by atoms with Crippen molar-refractivity contribution in [1.29, 1.82) is 0 Å². The lowest BCUT2D eigenvalue weighted by molar-refractivity contribution is 0.102. The molecule has 0 saturated carbocycles. The molecular formula is C18H15Cl2N3O3. The van der Waals surface area contributed by atoms with Crippen LogP contribution in [0.4, 0.5) is 5.69 Å². The summed E-state index contributed by atoms with van der Waals surface area (Å²) in [6, 6.07) is 12.0. The predicted molar refractivity (Wildman–Crippen MR) is 102 cm³/mol. The highest BCUT2D eigenvalue weighted by atomic mass is 35.5. The Hall–Kier alpha value is -2.70. The van der Waals surface area contributed by atoms with Crippen LogP contribution in [0.1, 0.15) is 10.5 Å². The second-order valence-corrected chi connectivity index (χ2v) is 6.07. The quantitative estimate of drug-likeness (QED) is 0.663. The van der Waals surface area contributed by atoms with Crippen molar-refractivity contribution in [2.75, 3.05) is 19.5 Å². The first-order valence-corrected chi connectivity index (χ1v) is 8.32. The van der Waals surface area contributed by atoms with Crippen LogP contribution in [-0.2, 0) is 0 Å². The highest BCUT2D eigenvalue weighted by molar-refractivity contribution is 6.44. The molecule has 26 heavy (non-hydrogen) atoms. The summed E-state index contributed by atoms with van der Waals surface area (Å²) in [5.74, 6) is 0.857. The number of hydrogen-bond acceptors (Lipinski definition) is 4. The molecule has 3 rings (SSSR count). The molecule has 3 aromatic rings. The number of anilines is 1. The normalized spacial score (nSPS) is 10.5. The maximum atomic E-state index is 12.4. The molecule has 0 radical (unpaired) electrons. The lowest BCUT2D eigenvalue weighted by Crippen LogP contribution is -2.12. The Labute approximate surface area is 160 Å². The van der Waals surface area contributed by atoms with Crippen molar-refractivity contribution in [2.45, 2.75) is 0 Å². The molecule has 2 N–H and O–H groups in total. The first kappa shape index (κ1) is 18.1. The summed E-state index contributed by atoms with van der Waals surface area (Å²) in [4.78, 5) is 12.4. The molecule has 1 aromatic heterocycles. The second kappa shape index (κ2) is 7.68. The molecule has 0 bridgehead atoms. The monoisotopic (exact) mass is 391 g/mol. The van der Waals surface area contributed by atoms with Crippen LogP contribution in [0.3, 0.4) is 0 Å². The molecule has 0 aliphatic heterocycles. The molecule has 0 spiro atoms. The third kappa shape index (κ3) is 3.61. The van der Waals surface area contributed by atoms with Gasteiger partial charge in [-0.3, -0.25) is 9.89 Å². The van der Waals surface area contributed by atoms with Gasteiger partial charge in [-0.15, -0.1) is 0 Å². The van der Waals surface area contributed by atoms with Gasteiger partial charge in [0, 0.05) is 11.6 Å². The van der Waals surface area contributed by atoms with Gasteiger partial charge < -0.3 is 14.8 Å². The van der Waals surface area contributed by atoms with E-state index in [9.17, 15) is 4.79 Å². The summed E-state index contributed by atoms with van der Waals surface area (Å²) >= 11 is 12.1. The Bertz CT molecular complexity index is 957. The van der Waals surface area contributed by atoms with Crippen LogP contribution in [-0.4, -0.2) is 30.3 Å². The Balaban J connectivity index is 1.86. The molecule has 0 aliphatic carbocycles. The van der Waals surface area contributed by atoms with Gasteiger partial charge in [0.15, 0.2) is 0 Å². The van der Waals surface area contributed by atoms with Crippen molar-refractivity contribution in [3.63, 3.8) is 0 Å². The molecule has 0 aliphatic rings. The summed E-state index contributed by atoms with van der Waals surface area (Å²) < 4.78 is 10.6. The van der Waals surface area contributed by atoms with Gasteiger partial charge in [-0.25, -0.2) is 0 Å². The van der Waals surface area contributed by atoms with Crippen LogP contribution < -0.4 is 14.8 Å². The van der Waals surface area contributed by atoms with E-state index in [1.165, 1.54) is 0 Å². The van der Waals surface area contributed by atoms with E-state index in [2.05, 4.69) is 15.5 Å². The van der Waals surface area contributed by atoms with Crippen LogP contribution in [0.25, 0.3) is 11.3 Å². The van der Waals surface area contributed by atoms with E-state index in [4.69, 9.17) is 32.7 Å². The molecule has 0 saturated heterocycles. The van der Waals surface area contributed by atoms with Crippen molar-refractivity contribution < 1.29 is 14.3 Å². The van der Waals surface area contributed by atoms with Gasteiger partial charge in [0.25, 0.3) is 5.91 Å². The maximum absolute atomic E-state index is 12.4. The average Bonchev–Trinajstić information content (AvgIpc) is 3.15. The standard InChI is InChI=1S/C18H15Cl2N3O3/c1-25-10-6-7-11(16(8-10)26-2)14-9-15(23-22-14)18(24)21-13-5-3-4-12(19)17(13)20/h3-9H,1-2H3,(H,21,24)(H,22,23). The number of carbonyl (C=O) groups is 1. The molecule has 0 unspecified atom stereocenters. The molecule has 6 nitrogen and oxygen atoms in total. The fraction of sp³-hybridized carbons (Fsp3) is 0.111. The lowest BCUT2D eigenvalue weighted by Gasteiger charge is -2.08. The number of nitrogens with one attached hydrogen (secondary N) is 2. The zero-order valence-corrected chi connectivity index (χ0v) is 15.5. The van der Waals surface area contributed by atoms with Crippen molar-refractivity contribution in [2.24, 2.45) is 0 Å². The predicted octanol–water partition coefficient (Wildman–Crippen LogP) is 4.65. The Kier molecular flexibility index (Phi) is 5.35. The maximum Gasteiger partial charge on any atom is 0.273 e. The molecule has 0 fully saturated rings. The van der Waals surface area contributed by atoms with Crippen molar-refractivity contribution >= 4 is 34.8 Å². The summed E-state index contributed by atoms with van der Waals surface area (Å²) in [5, 5.41) is 10.2. The number of halogens is 2. The molecule has 1 heterocycles. The average molecular weight is 392 g/mol. The molecular weight excluding hydrogens is 377 g/mol. The zero-order valence-electron chi connectivity index (χ0n) is 14.0. The highest BCUT2D eigenvalue weighted by Gasteiger charge is 2.16. The largest absolute Gasteiger partial charge is 0.497 e. The number of aromatic nitrogens is 2. The van der Waals surface area contributed by atoms with Gasteiger partial charge >= 0.3 is 0 Å². The number of hydrogen-bond donors (Lipinski definition) is 2. The number of H-pyrrole nitrogens is 1. The third-order valence-corrected chi connectivity index (χ3v) is 4.53. The van der Waals surface area contributed by atoms with Gasteiger partial charge in [-0.1, -0.05) is 29.3 Å². The summed E-state index contributed by atoms with van der Waals surface area (Å²) in [7, 11) is 3.13. The summed E-state index contributed by atoms with van der Waals surface area (Å²) in [6.45, 7) is 0. The summed E-state index contributed by atoms with van der Waals surface area (Å²) in [5.41, 5.74) is 1.98. The van der Waals surface area contributed by atoms with E-state index < -0.39 is 0 Å². The van der Waals surface area contributed by atoms with Crippen LogP contribution in [0.2, 0.25) is 10.0 Å². The van der Waals surface area contributed by atoms with Gasteiger partial charge in [0.1, 0.15) is 17.2 Å². The number of methoxy groups -OCH3 is 2. The van der Waals surface area contributed by atoms with Crippen molar-refractivity contribution in [1.82, 2.24) is 10.2 Å². The van der Waals surface area contributed by atoms with E-state index in [0.29, 0.717) is 27.9 Å². The molecule has 1 amide bonds. The molecule has 2 aromatic carbocycles. The van der Waals surface area contributed by atoms with Crippen LogP contribution in [0.15, 0.2) is 42.5 Å². The van der Waals surface area contributed by atoms with E-state index in [-0.39, 0.29) is 16.6 Å². The lowest BCUT2D eigenvalue weighted by atomic mass is 10.1. The number of rotatable bonds is 5. The van der Waals surface area contributed by atoms with Gasteiger partial charge in [0.05, 0.1) is 35.6 Å². The molecule has 134 valence electrons. The first-order chi connectivity index (χ1) is 12.5. The second-order valence-electron chi connectivity index (χ2n) is 5.29. The van der Waals surface area contributed by atoms with E-state index in [0.717, 1.165) is 5.56 Å². The number of carbonyl (C=O) groups excluding carboxylic acids is 1. The number of benzene rings is 2. The van der Waals surface area contributed by atoms with E-state index >= 15 is 0 Å². The molecule has 0 atom stereocenters. The van der Waals surface area contributed by atoms with Crippen molar-refractivity contribution in [3.05, 3.63) is 58.2 Å².